The van der Waals surface area contributed by atoms with Gasteiger partial charge in [0.05, 0.1) is 23.8 Å². The normalized spacial score (nSPS) is 13.5. The summed E-state index contributed by atoms with van der Waals surface area (Å²) in [4.78, 5) is 6.81. The molecule has 0 fully saturated rings. The lowest BCUT2D eigenvalue weighted by atomic mass is 10.0. The fourth-order valence-corrected chi connectivity index (χ4v) is 3.27. The summed E-state index contributed by atoms with van der Waals surface area (Å²) in [5, 5.41) is 10.7. The number of aryl methyl sites for hydroxylation is 1. The maximum atomic E-state index is 12.9. The van der Waals surface area contributed by atoms with Gasteiger partial charge < -0.3 is 10.6 Å². The van der Waals surface area contributed by atoms with E-state index >= 15 is 0 Å². The molecule has 166 valence electrons. The second kappa shape index (κ2) is 11.0. The van der Waals surface area contributed by atoms with Gasteiger partial charge in [0.15, 0.2) is 5.96 Å². The molecule has 0 bridgehead atoms. The smallest absolute Gasteiger partial charge is 0.357 e. The van der Waals surface area contributed by atoms with Crippen molar-refractivity contribution in [2.75, 3.05) is 26.2 Å². The Morgan fingerprint density at radius 2 is 1.77 bits per heavy atom. The predicted octanol–water partition coefficient (Wildman–Crippen LogP) is 3.58. The van der Waals surface area contributed by atoms with Gasteiger partial charge in [-0.25, -0.2) is 4.99 Å². The number of halogens is 3. The molecule has 0 aliphatic rings. The van der Waals surface area contributed by atoms with Crippen molar-refractivity contribution in [1.82, 2.24) is 25.3 Å². The van der Waals surface area contributed by atoms with E-state index in [1.807, 2.05) is 33.9 Å². The third kappa shape index (κ3) is 6.48. The van der Waals surface area contributed by atoms with Gasteiger partial charge >= 0.3 is 6.18 Å². The van der Waals surface area contributed by atoms with Crippen LogP contribution in [-0.2, 0) is 19.8 Å². The molecule has 0 saturated carbocycles. The minimum atomic E-state index is -4.34. The summed E-state index contributed by atoms with van der Waals surface area (Å²) in [6.07, 6.45) is -2.61. The van der Waals surface area contributed by atoms with Gasteiger partial charge in [-0.1, -0.05) is 26.0 Å². The lowest BCUT2D eigenvalue weighted by Crippen LogP contribution is -2.43. The van der Waals surface area contributed by atoms with Crippen molar-refractivity contribution in [2.24, 2.45) is 12.0 Å². The Morgan fingerprint density at radius 1 is 1.10 bits per heavy atom. The van der Waals surface area contributed by atoms with Crippen LogP contribution in [0.15, 0.2) is 41.5 Å². The number of aliphatic imine (C=N–C) groups is 1. The number of benzene rings is 1. The predicted molar refractivity (Wildman–Crippen MR) is 113 cm³/mol. The fourth-order valence-electron chi connectivity index (χ4n) is 3.27. The topological polar surface area (TPSA) is 57.5 Å². The molecule has 0 aliphatic heterocycles. The van der Waals surface area contributed by atoms with E-state index in [4.69, 9.17) is 0 Å². The van der Waals surface area contributed by atoms with Gasteiger partial charge in [-0.3, -0.25) is 9.58 Å². The monoisotopic (exact) mass is 424 g/mol. The molecule has 9 heteroatoms. The first-order chi connectivity index (χ1) is 14.3. The summed E-state index contributed by atoms with van der Waals surface area (Å²) in [7, 11) is 1.87. The van der Waals surface area contributed by atoms with Crippen LogP contribution in [-0.4, -0.2) is 46.8 Å². The highest BCUT2D eigenvalue weighted by Gasteiger charge is 2.30. The maximum absolute atomic E-state index is 12.9. The molecule has 1 heterocycles. The van der Waals surface area contributed by atoms with E-state index in [1.165, 1.54) is 0 Å². The van der Waals surface area contributed by atoms with Gasteiger partial charge in [-0.05, 0) is 43.8 Å². The number of aromatic nitrogens is 2. The molecule has 1 aromatic carbocycles. The van der Waals surface area contributed by atoms with Crippen molar-refractivity contribution < 1.29 is 13.2 Å². The average Bonchev–Trinajstić information content (AvgIpc) is 3.13. The summed E-state index contributed by atoms with van der Waals surface area (Å²) in [6.45, 7) is 9.34. The highest BCUT2D eigenvalue weighted by atomic mass is 19.4. The standard InChI is InChI=1S/C21H31F3N6/c1-5-25-20(26-14-18-12-13-28-29(18)4)27-15-19(30(6-2)7-3)16-8-10-17(11-9-16)21(22,23)24/h8-13,19H,5-7,14-15H2,1-4H3,(H2,25,26,27). The summed E-state index contributed by atoms with van der Waals surface area (Å²) in [6, 6.07) is 7.25. The molecular weight excluding hydrogens is 393 g/mol. The SMILES string of the molecule is CCNC(=NCc1ccnn1C)NCC(c1ccc(C(F)(F)F)cc1)N(CC)CC. The van der Waals surface area contributed by atoms with Crippen molar-refractivity contribution in [3.05, 3.63) is 53.3 Å². The van der Waals surface area contributed by atoms with Crippen LogP contribution in [0.3, 0.4) is 0 Å². The minimum Gasteiger partial charge on any atom is -0.357 e. The van der Waals surface area contributed by atoms with Gasteiger partial charge in [0.25, 0.3) is 0 Å². The summed E-state index contributed by atoms with van der Waals surface area (Å²) in [5.41, 5.74) is 1.18. The van der Waals surface area contributed by atoms with E-state index in [1.54, 1.807) is 23.0 Å². The first kappa shape index (κ1) is 23.7. The molecule has 0 radical (unpaired) electrons. The molecule has 1 aromatic heterocycles. The summed E-state index contributed by atoms with van der Waals surface area (Å²) in [5.74, 6) is 0.655. The van der Waals surface area contributed by atoms with Gasteiger partial charge in [0.1, 0.15) is 0 Å². The first-order valence-corrected chi connectivity index (χ1v) is 10.2. The van der Waals surface area contributed by atoms with Crippen molar-refractivity contribution in [2.45, 2.75) is 39.5 Å². The largest absolute Gasteiger partial charge is 0.416 e. The van der Waals surface area contributed by atoms with E-state index < -0.39 is 11.7 Å². The van der Waals surface area contributed by atoms with Crippen LogP contribution in [0, 0.1) is 0 Å². The zero-order valence-corrected chi connectivity index (χ0v) is 18.0. The van der Waals surface area contributed by atoms with Crippen molar-refractivity contribution in [3.8, 4) is 0 Å². The van der Waals surface area contributed by atoms with Gasteiger partial charge in [0, 0.05) is 26.3 Å². The zero-order valence-electron chi connectivity index (χ0n) is 18.0. The minimum absolute atomic E-state index is 0.0807. The number of rotatable bonds is 9. The number of nitrogens with zero attached hydrogens (tertiary/aromatic N) is 4. The Hall–Kier alpha value is -2.55. The van der Waals surface area contributed by atoms with Crippen LogP contribution in [0.4, 0.5) is 13.2 Å². The van der Waals surface area contributed by atoms with Crippen LogP contribution in [0.2, 0.25) is 0 Å². The van der Waals surface area contributed by atoms with E-state index in [-0.39, 0.29) is 6.04 Å². The maximum Gasteiger partial charge on any atom is 0.416 e. The van der Waals surface area contributed by atoms with Gasteiger partial charge in [-0.2, -0.15) is 18.3 Å². The van der Waals surface area contributed by atoms with Crippen LogP contribution < -0.4 is 10.6 Å². The summed E-state index contributed by atoms with van der Waals surface area (Å²) < 4.78 is 40.6. The second-order valence-electron chi connectivity index (χ2n) is 6.88. The van der Waals surface area contributed by atoms with Crippen LogP contribution in [0.25, 0.3) is 0 Å². The Labute approximate surface area is 176 Å². The molecule has 30 heavy (non-hydrogen) atoms. The lowest BCUT2D eigenvalue weighted by Gasteiger charge is -2.31. The number of hydrogen-bond donors (Lipinski definition) is 2. The second-order valence-corrected chi connectivity index (χ2v) is 6.88. The molecule has 2 rings (SSSR count). The van der Waals surface area contributed by atoms with E-state index in [9.17, 15) is 13.2 Å². The third-order valence-corrected chi connectivity index (χ3v) is 5.00. The Bertz CT molecular complexity index is 794. The Balaban J connectivity index is 2.17. The molecule has 2 aromatic rings. The average molecular weight is 425 g/mol. The zero-order chi connectivity index (χ0) is 22.1. The lowest BCUT2D eigenvalue weighted by molar-refractivity contribution is -0.137. The van der Waals surface area contributed by atoms with E-state index in [0.29, 0.717) is 25.6 Å². The van der Waals surface area contributed by atoms with Gasteiger partial charge in [0.2, 0.25) is 0 Å². The molecule has 0 saturated heterocycles. The van der Waals surface area contributed by atoms with Crippen LogP contribution in [0.1, 0.15) is 43.6 Å². The van der Waals surface area contributed by atoms with Gasteiger partial charge in [-0.15, -0.1) is 0 Å². The van der Waals surface area contributed by atoms with Crippen molar-refractivity contribution >= 4 is 5.96 Å². The highest BCUT2D eigenvalue weighted by molar-refractivity contribution is 5.79. The van der Waals surface area contributed by atoms with E-state index in [0.717, 1.165) is 36.5 Å². The number of guanidine groups is 1. The van der Waals surface area contributed by atoms with E-state index in [2.05, 4.69) is 25.6 Å². The quantitative estimate of drug-likeness (QED) is 0.477. The molecule has 0 aliphatic carbocycles. The number of likely N-dealkylation sites (N-methyl/N-ethyl adjacent to an activating group) is 1. The highest BCUT2D eigenvalue weighted by Crippen LogP contribution is 2.30. The molecule has 1 unspecified atom stereocenters. The molecule has 6 nitrogen and oxygen atoms in total. The number of nitrogens with one attached hydrogen (secondary N) is 2. The molecule has 1 atom stereocenters. The molecule has 0 spiro atoms. The Kier molecular flexibility index (Phi) is 8.71. The third-order valence-electron chi connectivity index (χ3n) is 5.00. The molecule has 0 amide bonds. The first-order valence-electron chi connectivity index (χ1n) is 10.2. The Morgan fingerprint density at radius 3 is 2.27 bits per heavy atom. The summed E-state index contributed by atoms with van der Waals surface area (Å²) >= 11 is 0. The van der Waals surface area contributed by atoms with Crippen molar-refractivity contribution in [3.63, 3.8) is 0 Å². The molecular formula is C21H31F3N6. The number of alkyl halides is 3. The van der Waals surface area contributed by atoms with Crippen LogP contribution in [0.5, 0.6) is 0 Å². The number of hydrogen-bond acceptors (Lipinski definition) is 3. The van der Waals surface area contributed by atoms with Crippen LogP contribution >= 0.6 is 0 Å². The fraction of sp³-hybridized carbons (Fsp3) is 0.524. The van der Waals surface area contributed by atoms with Crippen molar-refractivity contribution in [1.29, 1.82) is 0 Å². The molecule has 2 N–H and O–H groups in total.